The van der Waals surface area contributed by atoms with E-state index in [1.54, 1.807) is 0 Å². The lowest BCUT2D eigenvalue weighted by Gasteiger charge is -2.30. The Bertz CT molecular complexity index is 462. The Morgan fingerprint density at radius 2 is 1.61 bits per heavy atom. The van der Waals surface area contributed by atoms with Gasteiger partial charge in [-0.1, -0.05) is 0 Å². The van der Waals surface area contributed by atoms with Crippen LogP contribution in [0.1, 0.15) is 33.6 Å². The number of ether oxygens (including phenoxy) is 3. The van der Waals surface area contributed by atoms with Crippen molar-refractivity contribution in [3.05, 3.63) is 0 Å². The Labute approximate surface area is 126 Å². The first-order valence-corrected chi connectivity index (χ1v) is 6.35. The lowest BCUT2D eigenvalue weighted by atomic mass is 10.1. The van der Waals surface area contributed by atoms with Crippen LogP contribution in [0.25, 0.3) is 0 Å². The van der Waals surface area contributed by atoms with Crippen molar-refractivity contribution in [3.63, 3.8) is 0 Å². The van der Waals surface area contributed by atoms with E-state index in [0.29, 0.717) is 0 Å². The fourth-order valence-corrected chi connectivity index (χ4v) is 1.71. The van der Waals surface area contributed by atoms with Crippen LogP contribution >= 0.6 is 0 Å². The lowest BCUT2D eigenvalue weighted by Crippen LogP contribution is -2.58. The van der Waals surface area contributed by atoms with E-state index in [2.05, 4.69) is 9.47 Å². The first kappa shape index (κ1) is 19.5. The summed E-state index contributed by atoms with van der Waals surface area (Å²) in [5.41, 5.74) is -0.893. The summed E-state index contributed by atoms with van der Waals surface area (Å²) >= 11 is 0. The summed E-state index contributed by atoms with van der Waals surface area (Å²) in [7, 11) is 0. The van der Waals surface area contributed by atoms with Crippen LogP contribution in [0.4, 0.5) is 26.3 Å². The molecule has 0 aromatic carbocycles. The molecule has 1 rings (SSSR count). The third-order valence-corrected chi connectivity index (χ3v) is 2.59. The molecule has 1 saturated heterocycles. The number of hydrogen-bond donors (Lipinski definition) is 0. The molecular weight excluding hydrogens is 338 g/mol. The van der Waals surface area contributed by atoms with Gasteiger partial charge in [0.15, 0.2) is 6.10 Å². The Kier molecular flexibility index (Phi) is 4.96. The Morgan fingerprint density at radius 1 is 1.13 bits per heavy atom. The van der Waals surface area contributed by atoms with E-state index in [4.69, 9.17) is 4.74 Å². The van der Waals surface area contributed by atoms with E-state index in [-0.39, 0.29) is 0 Å². The first-order valence-electron chi connectivity index (χ1n) is 6.35. The molecule has 0 radical (unpaired) electrons. The lowest BCUT2D eigenvalue weighted by molar-refractivity contribution is -0.439. The third-order valence-electron chi connectivity index (χ3n) is 2.59. The average Bonchev–Trinajstić information content (AvgIpc) is 2.61. The summed E-state index contributed by atoms with van der Waals surface area (Å²) in [6.07, 6.45) is -15.5. The van der Waals surface area contributed by atoms with Gasteiger partial charge in [-0.25, -0.2) is 4.79 Å². The van der Waals surface area contributed by atoms with E-state index in [1.165, 1.54) is 20.8 Å². The normalized spacial score (nSPS) is 22.0. The van der Waals surface area contributed by atoms with Gasteiger partial charge in [-0.05, 0) is 27.2 Å². The maximum Gasteiger partial charge on any atom is 0.465 e. The van der Waals surface area contributed by atoms with Gasteiger partial charge in [0, 0.05) is 6.42 Å². The second-order valence-electron chi connectivity index (χ2n) is 5.76. The third kappa shape index (κ3) is 4.27. The monoisotopic (exact) mass is 352 g/mol. The van der Waals surface area contributed by atoms with Crippen LogP contribution in [0.5, 0.6) is 0 Å². The summed E-state index contributed by atoms with van der Waals surface area (Å²) in [4.78, 5) is 22.7. The number of alkyl halides is 6. The molecule has 23 heavy (non-hydrogen) atoms. The molecular formula is C12H14F6O5. The maximum atomic E-state index is 12.7. The van der Waals surface area contributed by atoms with Crippen molar-refractivity contribution in [3.8, 4) is 0 Å². The highest BCUT2D eigenvalue weighted by atomic mass is 19.4. The smallest absolute Gasteiger partial charge is 0.460 e. The molecule has 0 saturated carbocycles. The predicted octanol–water partition coefficient (Wildman–Crippen LogP) is 2.87. The molecule has 5 nitrogen and oxygen atoms in total. The van der Waals surface area contributed by atoms with Gasteiger partial charge in [0.05, 0.1) is 0 Å². The predicted molar refractivity (Wildman–Crippen MR) is 60.9 cm³/mol. The molecule has 0 amide bonds. The molecule has 134 valence electrons. The zero-order chi connectivity index (χ0) is 18.3. The molecule has 0 spiro atoms. The average molecular weight is 352 g/mol. The minimum atomic E-state index is -6.01. The number of hydrogen-bond acceptors (Lipinski definition) is 5. The molecule has 0 unspecified atom stereocenters. The van der Waals surface area contributed by atoms with Gasteiger partial charge in [-0.15, -0.1) is 0 Å². The highest BCUT2D eigenvalue weighted by Crippen LogP contribution is 2.50. The highest BCUT2D eigenvalue weighted by Gasteiger charge is 2.80. The maximum absolute atomic E-state index is 12.7. The van der Waals surface area contributed by atoms with Gasteiger partial charge in [-0.2, -0.15) is 26.3 Å². The van der Waals surface area contributed by atoms with Crippen molar-refractivity contribution in [2.24, 2.45) is 0 Å². The van der Waals surface area contributed by atoms with E-state index in [0.717, 1.165) is 0 Å². The van der Waals surface area contributed by atoms with E-state index in [9.17, 15) is 35.9 Å². The summed E-state index contributed by atoms with van der Waals surface area (Å²) in [6.45, 7) is 4.55. The molecule has 1 aliphatic rings. The van der Waals surface area contributed by atoms with Gasteiger partial charge in [0.2, 0.25) is 0 Å². The second-order valence-corrected chi connectivity index (χ2v) is 5.76. The van der Waals surface area contributed by atoms with E-state index < -0.39 is 54.6 Å². The molecule has 1 fully saturated rings. The van der Waals surface area contributed by atoms with Gasteiger partial charge >= 0.3 is 30.1 Å². The van der Waals surface area contributed by atoms with Gasteiger partial charge in [0.25, 0.3) is 0 Å². The SMILES string of the molecule is CC(C)(C)OC(=O)CC[C@@H]1OC(C(F)(F)F)(C(F)(F)F)OC1=O. The standard InChI is InChI=1S/C12H14F6O5/c1-9(2,3)22-7(19)5-4-6-8(20)23-10(21-6,11(13,14)15)12(16,17)18/h6H,4-5H2,1-3H3/t6-/m0/s1. The molecule has 1 atom stereocenters. The number of cyclic esters (lactones) is 1. The minimum absolute atomic E-state index is 0.608. The van der Waals surface area contributed by atoms with Crippen LogP contribution in [0.2, 0.25) is 0 Å². The summed E-state index contributed by atoms with van der Waals surface area (Å²) in [6, 6.07) is 0. The quantitative estimate of drug-likeness (QED) is 0.577. The highest BCUT2D eigenvalue weighted by molar-refractivity contribution is 5.78. The Morgan fingerprint density at radius 3 is 1.96 bits per heavy atom. The number of halogens is 6. The van der Waals surface area contributed by atoms with Crippen molar-refractivity contribution in [1.29, 1.82) is 0 Å². The Balaban J connectivity index is 2.82. The van der Waals surface area contributed by atoms with Crippen molar-refractivity contribution in [2.45, 2.75) is 63.5 Å². The number of carbonyl (C=O) groups excluding carboxylic acids is 2. The van der Waals surface area contributed by atoms with E-state index >= 15 is 0 Å². The van der Waals surface area contributed by atoms with Crippen LogP contribution in [-0.4, -0.2) is 41.8 Å². The van der Waals surface area contributed by atoms with Crippen molar-refractivity contribution in [1.82, 2.24) is 0 Å². The fourth-order valence-electron chi connectivity index (χ4n) is 1.71. The number of rotatable bonds is 3. The molecule has 0 aromatic heterocycles. The van der Waals surface area contributed by atoms with Crippen LogP contribution in [-0.2, 0) is 23.8 Å². The number of carbonyl (C=O) groups is 2. The Hall–Kier alpha value is -1.52. The number of esters is 2. The molecule has 0 bridgehead atoms. The summed E-state index contributed by atoms with van der Waals surface area (Å²) < 4.78 is 88.1. The second kappa shape index (κ2) is 5.84. The van der Waals surface area contributed by atoms with Gasteiger partial charge < -0.3 is 14.2 Å². The minimum Gasteiger partial charge on any atom is -0.460 e. The topological polar surface area (TPSA) is 61.8 Å². The molecule has 0 aliphatic carbocycles. The zero-order valence-electron chi connectivity index (χ0n) is 12.3. The largest absolute Gasteiger partial charge is 0.465 e. The molecule has 1 aliphatic heterocycles. The van der Waals surface area contributed by atoms with Crippen LogP contribution in [0.3, 0.4) is 0 Å². The molecule has 1 heterocycles. The van der Waals surface area contributed by atoms with Gasteiger partial charge in [0.1, 0.15) is 5.60 Å². The van der Waals surface area contributed by atoms with Crippen LogP contribution in [0, 0.1) is 0 Å². The molecule has 11 heteroatoms. The van der Waals surface area contributed by atoms with Crippen LogP contribution in [0.15, 0.2) is 0 Å². The van der Waals surface area contributed by atoms with Crippen molar-refractivity contribution in [2.75, 3.05) is 0 Å². The van der Waals surface area contributed by atoms with Gasteiger partial charge in [-0.3, -0.25) is 4.79 Å². The van der Waals surface area contributed by atoms with Crippen molar-refractivity contribution >= 4 is 11.9 Å². The van der Waals surface area contributed by atoms with Crippen molar-refractivity contribution < 1.29 is 50.1 Å². The van der Waals surface area contributed by atoms with E-state index in [1.807, 2.05) is 0 Å². The summed E-state index contributed by atoms with van der Waals surface area (Å²) in [5, 5.41) is 0. The summed E-state index contributed by atoms with van der Waals surface area (Å²) in [5.74, 6) is -7.76. The molecule has 0 N–H and O–H groups in total. The van der Waals surface area contributed by atoms with Crippen LogP contribution < -0.4 is 0 Å². The first-order chi connectivity index (χ1) is 10.1. The zero-order valence-corrected chi connectivity index (χ0v) is 12.3. The molecule has 0 aromatic rings. The fraction of sp³-hybridized carbons (Fsp3) is 0.833.